The van der Waals surface area contributed by atoms with Crippen molar-refractivity contribution in [3.05, 3.63) is 203 Å². The Balaban J connectivity index is 0.000000146. The zero-order valence-corrected chi connectivity index (χ0v) is 35.0. The summed E-state index contributed by atoms with van der Waals surface area (Å²) in [5, 5.41) is 0. The van der Waals surface area contributed by atoms with Crippen molar-refractivity contribution in [3.63, 3.8) is 0 Å². The van der Waals surface area contributed by atoms with Crippen molar-refractivity contribution >= 4 is 17.6 Å². The number of anilines is 1. The standard InChI is InChI=1S/C20H18N4.C15H11.C15H9.2Au/c1-3-7-19(8-4-1)23-13-17(21-15-23)11-12-18-14-24(16-22-18)20-9-5-2-6-10-20;2*1-2-11-7-8-15-13(9-11)10-12-5-3-4-6-14(12)15;;/h1-10,13,18H,11-12,14H2;3-6,9H,7-8,10H2;3-9H,10H2;;/q-2;2*-1;;. The summed E-state index contributed by atoms with van der Waals surface area (Å²) < 4.78 is 1.94. The zero-order chi connectivity index (χ0) is 36.7. The van der Waals surface area contributed by atoms with Gasteiger partial charge in [-0.05, 0) is 64.8 Å². The fraction of sp³-hybridized carbons (Fsp3) is 0.160. The van der Waals surface area contributed by atoms with E-state index in [1.165, 1.54) is 44.5 Å². The number of rotatable bonds is 5. The molecule has 3 aliphatic carbocycles. The molecule has 0 bridgehead atoms. The molecule has 284 valence electrons. The van der Waals surface area contributed by atoms with Crippen LogP contribution in [0.2, 0.25) is 0 Å². The third-order valence-electron chi connectivity index (χ3n) is 10.4. The van der Waals surface area contributed by atoms with E-state index in [4.69, 9.17) is 12.8 Å². The molecule has 4 nitrogen and oxygen atoms in total. The summed E-state index contributed by atoms with van der Waals surface area (Å²) in [5.74, 6) is 4.95. The summed E-state index contributed by atoms with van der Waals surface area (Å²) in [6.45, 7) is 0.882. The van der Waals surface area contributed by atoms with Gasteiger partial charge in [0.25, 0.3) is 0 Å². The number of para-hydroxylation sites is 2. The number of aliphatic imine (C=N–C) groups is 1. The number of hydrogen-bond acceptors (Lipinski definition) is 3. The van der Waals surface area contributed by atoms with Crippen molar-refractivity contribution < 1.29 is 44.8 Å². The first kappa shape index (κ1) is 40.5. The number of nitrogens with zero attached hydrogens (tertiary/aromatic N) is 4. The maximum absolute atomic E-state index is 7.17. The number of imidazole rings is 1. The molecule has 2 radical (unpaired) electrons. The predicted molar refractivity (Wildman–Crippen MR) is 218 cm³/mol. The van der Waals surface area contributed by atoms with Gasteiger partial charge in [-0.25, -0.2) is 0 Å². The van der Waals surface area contributed by atoms with Crippen LogP contribution in [0.25, 0.3) is 22.4 Å². The van der Waals surface area contributed by atoms with E-state index in [0.29, 0.717) is 0 Å². The van der Waals surface area contributed by atoms with Crippen LogP contribution < -0.4 is 4.90 Å². The second kappa shape index (κ2) is 19.1. The van der Waals surface area contributed by atoms with Crippen LogP contribution in [-0.2, 0) is 64.0 Å². The van der Waals surface area contributed by atoms with Gasteiger partial charge in [-0.3, -0.25) is 11.8 Å². The maximum Gasteiger partial charge on any atom is 0.0447 e. The van der Waals surface area contributed by atoms with Gasteiger partial charge in [0.2, 0.25) is 0 Å². The molecule has 5 aromatic carbocycles. The number of aryl methyl sites for hydroxylation is 1. The van der Waals surface area contributed by atoms with E-state index in [0.717, 1.165) is 73.3 Å². The normalized spacial score (nSPS) is 15.1. The first-order valence-corrected chi connectivity index (χ1v) is 18.5. The Morgan fingerprint density at radius 3 is 2.07 bits per heavy atom. The monoisotopic (exact) mass is 1090 g/mol. The second-order valence-corrected chi connectivity index (χ2v) is 13.9. The van der Waals surface area contributed by atoms with Gasteiger partial charge in [0.1, 0.15) is 0 Å². The molecule has 1 unspecified atom stereocenters. The Labute approximate surface area is 362 Å². The molecule has 0 saturated carbocycles. The molecule has 1 aromatic heterocycles. The van der Waals surface area contributed by atoms with Gasteiger partial charge in [-0.1, -0.05) is 145 Å². The minimum atomic E-state index is 0. The molecule has 0 amide bonds. The molecule has 1 atom stereocenters. The molecular formula is C50H38Au2N4-4. The van der Waals surface area contributed by atoms with Gasteiger partial charge in [0.05, 0.1) is 0 Å². The van der Waals surface area contributed by atoms with E-state index < -0.39 is 0 Å². The summed E-state index contributed by atoms with van der Waals surface area (Å²) in [6.07, 6.45) is 30.6. The Bertz CT molecular complexity index is 2460. The van der Waals surface area contributed by atoms with E-state index in [1.807, 2.05) is 53.2 Å². The summed E-state index contributed by atoms with van der Waals surface area (Å²) in [4.78, 5) is 11.0. The van der Waals surface area contributed by atoms with E-state index in [2.05, 4.69) is 130 Å². The van der Waals surface area contributed by atoms with Crippen LogP contribution in [0.3, 0.4) is 0 Å². The predicted octanol–water partition coefficient (Wildman–Crippen LogP) is 9.90. The number of fused-ring (bicyclic) bond motifs is 5. The third kappa shape index (κ3) is 9.27. The molecule has 0 N–H and O–H groups in total. The quantitative estimate of drug-likeness (QED) is 0.0978. The molecule has 2 heterocycles. The van der Waals surface area contributed by atoms with Gasteiger partial charge in [0, 0.05) is 63.7 Å². The van der Waals surface area contributed by atoms with Gasteiger partial charge in [0.15, 0.2) is 0 Å². The summed E-state index contributed by atoms with van der Waals surface area (Å²) in [5.41, 5.74) is 16.3. The second-order valence-electron chi connectivity index (χ2n) is 13.9. The van der Waals surface area contributed by atoms with Crippen molar-refractivity contribution in [2.75, 3.05) is 11.4 Å². The number of hydrogen-bond donors (Lipinski definition) is 0. The number of aromatic nitrogens is 2. The van der Waals surface area contributed by atoms with Crippen molar-refractivity contribution in [2.45, 2.75) is 44.6 Å². The molecule has 6 heteroatoms. The SMILES string of the molecule is [Au].[Au].[C-]#CC1=CC2=C(CC1)c1ccccc1C2.[C-]#Cc1ccc2c(c1)Cc1ccccc1-2.[C-]1=NC(CCc2cn(-c3ccccc3)[c-]n2)CN1c1ccccc1. The van der Waals surface area contributed by atoms with Crippen LogP contribution in [-0.4, -0.2) is 28.5 Å². The average Bonchev–Trinajstić information content (AvgIpc) is 4.05. The minimum Gasteiger partial charge on any atom is -0.494 e. The summed E-state index contributed by atoms with van der Waals surface area (Å²) in [7, 11) is 0. The van der Waals surface area contributed by atoms with Crippen molar-refractivity contribution in [1.29, 1.82) is 0 Å². The number of benzene rings is 5. The van der Waals surface area contributed by atoms with Crippen LogP contribution in [0.4, 0.5) is 5.69 Å². The van der Waals surface area contributed by atoms with E-state index in [1.54, 1.807) is 0 Å². The van der Waals surface area contributed by atoms with Crippen molar-refractivity contribution in [3.8, 4) is 28.7 Å². The zero-order valence-electron chi connectivity index (χ0n) is 30.7. The van der Waals surface area contributed by atoms with Crippen LogP contribution in [0, 0.1) is 31.0 Å². The fourth-order valence-corrected chi connectivity index (χ4v) is 7.60. The molecule has 0 saturated heterocycles. The van der Waals surface area contributed by atoms with E-state index >= 15 is 0 Å². The minimum absolute atomic E-state index is 0. The summed E-state index contributed by atoms with van der Waals surface area (Å²) >= 11 is 0. The van der Waals surface area contributed by atoms with Crippen molar-refractivity contribution in [2.24, 2.45) is 4.99 Å². The molecular weight excluding hydrogens is 1050 g/mol. The van der Waals surface area contributed by atoms with Gasteiger partial charge in [-0.2, -0.15) is 0 Å². The van der Waals surface area contributed by atoms with Gasteiger partial charge >= 0.3 is 0 Å². The topological polar surface area (TPSA) is 33.4 Å². The Morgan fingerprint density at radius 1 is 0.679 bits per heavy atom. The Morgan fingerprint density at radius 2 is 1.34 bits per heavy atom. The molecule has 10 rings (SSSR count). The largest absolute Gasteiger partial charge is 0.494 e. The maximum atomic E-state index is 7.17. The van der Waals surface area contributed by atoms with Crippen LogP contribution in [0.15, 0.2) is 156 Å². The molecule has 0 fully saturated rings. The molecule has 4 aliphatic rings. The smallest absolute Gasteiger partial charge is 0.0447 e. The molecule has 6 aromatic rings. The van der Waals surface area contributed by atoms with Gasteiger partial charge < -0.3 is 32.3 Å². The van der Waals surface area contributed by atoms with Crippen LogP contribution in [0.1, 0.15) is 52.8 Å². The van der Waals surface area contributed by atoms with Crippen LogP contribution in [0.5, 0.6) is 0 Å². The molecule has 1 aliphatic heterocycles. The van der Waals surface area contributed by atoms with Crippen LogP contribution >= 0.6 is 0 Å². The first-order chi connectivity index (χ1) is 26.6. The Hall–Kier alpha value is -5.14. The molecule has 56 heavy (non-hydrogen) atoms. The fourth-order valence-electron chi connectivity index (χ4n) is 7.60. The molecule has 0 spiro atoms. The first-order valence-electron chi connectivity index (χ1n) is 18.5. The summed E-state index contributed by atoms with van der Waals surface area (Å²) in [6, 6.07) is 43.9. The third-order valence-corrected chi connectivity index (χ3v) is 10.4. The van der Waals surface area contributed by atoms with Crippen molar-refractivity contribution in [1.82, 2.24) is 9.55 Å². The van der Waals surface area contributed by atoms with E-state index in [9.17, 15) is 0 Å². The number of allylic oxidation sites excluding steroid dienone is 4. The Kier molecular flexibility index (Phi) is 13.9. The average molecular weight is 1090 g/mol. The van der Waals surface area contributed by atoms with Gasteiger partial charge in [-0.15, -0.1) is 47.2 Å². The van der Waals surface area contributed by atoms with E-state index in [-0.39, 0.29) is 50.8 Å².